The standard InChI is InChI=1S/C14H17NO5/c1-14(2,3)20-13(19)15-10-6-4-9(8-11(10)16)5-7-12(17)18/h4-8,16H,1-3H3,(H,15,19)(H,17,18)/b7-5+. The molecule has 0 atom stereocenters. The molecule has 1 aromatic carbocycles. The number of benzene rings is 1. The van der Waals surface area contributed by atoms with Gasteiger partial charge in [-0.15, -0.1) is 0 Å². The third-order valence-electron chi connectivity index (χ3n) is 2.08. The number of amides is 1. The van der Waals surface area contributed by atoms with Crippen LogP contribution >= 0.6 is 0 Å². The van der Waals surface area contributed by atoms with Crippen molar-refractivity contribution in [2.75, 3.05) is 5.32 Å². The maximum absolute atomic E-state index is 11.5. The Morgan fingerprint density at radius 2 is 1.95 bits per heavy atom. The van der Waals surface area contributed by atoms with Gasteiger partial charge in [0, 0.05) is 6.08 Å². The Labute approximate surface area is 116 Å². The molecule has 1 amide bonds. The van der Waals surface area contributed by atoms with Crippen molar-refractivity contribution in [3.63, 3.8) is 0 Å². The molecule has 20 heavy (non-hydrogen) atoms. The predicted molar refractivity (Wildman–Crippen MR) is 74.6 cm³/mol. The second-order valence-electron chi connectivity index (χ2n) is 5.08. The quantitative estimate of drug-likeness (QED) is 0.584. The van der Waals surface area contributed by atoms with E-state index in [0.29, 0.717) is 5.56 Å². The molecular formula is C14H17NO5. The van der Waals surface area contributed by atoms with Gasteiger partial charge in [-0.05, 0) is 44.5 Å². The van der Waals surface area contributed by atoms with Gasteiger partial charge in [0.1, 0.15) is 11.4 Å². The summed E-state index contributed by atoms with van der Waals surface area (Å²) >= 11 is 0. The zero-order valence-electron chi connectivity index (χ0n) is 11.5. The molecule has 0 fully saturated rings. The number of phenolic OH excluding ortho intramolecular Hbond substituents is 1. The normalized spacial score (nSPS) is 11.3. The molecule has 0 radical (unpaired) electrons. The van der Waals surface area contributed by atoms with E-state index in [1.165, 1.54) is 18.2 Å². The van der Waals surface area contributed by atoms with Crippen LogP contribution in [0.3, 0.4) is 0 Å². The Morgan fingerprint density at radius 3 is 2.45 bits per heavy atom. The highest BCUT2D eigenvalue weighted by molar-refractivity contribution is 5.88. The first kappa shape index (κ1) is 15.6. The van der Waals surface area contributed by atoms with Gasteiger partial charge in [0.05, 0.1) is 5.69 Å². The van der Waals surface area contributed by atoms with Crippen molar-refractivity contribution < 1.29 is 24.5 Å². The molecule has 3 N–H and O–H groups in total. The van der Waals surface area contributed by atoms with Crippen LogP contribution in [0.15, 0.2) is 24.3 Å². The number of phenols is 1. The van der Waals surface area contributed by atoms with Crippen LogP contribution in [0, 0.1) is 0 Å². The van der Waals surface area contributed by atoms with Crippen LogP contribution < -0.4 is 5.32 Å². The van der Waals surface area contributed by atoms with Crippen molar-refractivity contribution in [3.8, 4) is 5.75 Å². The van der Waals surface area contributed by atoms with Crippen molar-refractivity contribution in [2.24, 2.45) is 0 Å². The molecule has 0 aliphatic heterocycles. The molecule has 0 bridgehead atoms. The van der Waals surface area contributed by atoms with Gasteiger partial charge in [-0.3, -0.25) is 5.32 Å². The number of carbonyl (C=O) groups is 2. The molecule has 108 valence electrons. The average Bonchev–Trinajstić information content (AvgIpc) is 2.27. The van der Waals surface area contributed by atoms with Crippen molar-refractivity contribution in [3.05, 3.63) is 29.8 Å². The first-order valence-electron chi connectivity index (χ1n) is 5.91. The fourth-order valence-electron chi connectivity index (χ4n) is 1.34. The molecule has 6 nitrogen and oxygen atoms in total. The number of aliphatic carboxylic acids is 1. The second-order valence-corrected chi connectivity index (χ2v) is 5.08. The Kier molecular flexibility index (Phi) is 4.74. The Morgan fingerprint density at radius 1 is 1.30 bits per heavy atom. The molecule has 1 aromatic rings. The molecule has 0 spiro atoms. The minimum Gasteiger partial charge on any atom is -0.506 e. The molecule has 0 aliphatic carbocycles. The van der Waals surface area contributed by atoms with E-state index in [-0.39, 0.29) is 11.4 Å². The van der Waals surface area contributed by atoms with Gasteiger partial charge in [0.2, 0.25) is 0 Å². The van der Waals surface area contributed by atoms with Gasteiger partial charge in [-0.25, -0.2) is 9.59 Å². The first-order chi connectivity index (χ1) is 9.17. The van der Waals surface area contributed by atoms with E-state index in [2.05, 4.69) is 5.32 Å². The molecule has 0 saturated heterocycles. The minimum atomic E-state index is -1.08. The maximum atomic E-state index is 11.5. The fourth-order valence-corrected chi connectivity index (χ4v) is 1.34. The molecule has 6 heteroatoms. The van der Waals surface area contributed by atoms with Crippen molar-refractivity contribution >= 4 is 23.8 Å². The number of rotatable bonds is 3. The number of nitrogens with one attached hydrogen (secondary N) is 1. The number of carboxylic acid groups (broad SMARTS) is 1. The lowest BCUT2D eigenvalue weighted by molar-refractivity contribution is -0.131. The SMILES string of the molecule is CC(C)(C)OC(=O)Nc1ccc(/C=C/C(=O)O)cc1O. The average molecular weight is 279 g/mol. The van der Waals surface area contributed by atoms with Crippen molar-refractivity contribution in [1.29, 1.82) is 0 Å². The van der Waals surface area contributed by atoms with E-state index in [1.807, 2.05) is 0 Å². The van der Waals surface area contributed by atoms with E-state index >= 15 is 0 Å². The smallest absolute Gasteiger partial charge is 0.412 e. The Bertz CT molecular complexity index is 543. The third-order valence-corrected chi connectivity index (χ3v) is 2.08. The van der Waals surface area contributed by atoms with E-state index in [9.17, 15) is 14.7 Å². The molecule has 0 unspecified atom stereocenters. The number of aromatic hydroxyl groups is 1. The highest BCUT2D eigenvalue weighted by Crippen LogP contribution is 2.25. The molecule has 0 aromatic heterocycles. The van der Waals surface area contributed by atoms with Crippen LogP contribution in [0.1, 0.15) is 26.3 Å². The van der Waals surface area contributed by atoms with Gasteiger partial charge in [0.25, 0.3) is 0 Å². The zero-order valence-corrected chi connectivity index (χ0v) is 11.5. The summed E-state index contributed by atoms with van der Waals surface area (Å²) in [4.78, 5) is 21.9. The Balaban J connectivity index is 2.78. The largest absolute Gasteiger partial charge is 0.506 e. The van der Waals surface area contributed by atoms with E-state index in [1.54, 1.807) is 26.8 Å². The molecular weight excluding hydrogens is 262 g/mol. The number of carbonyl (C=O) groups excluding carboxylic acids is 1. The number of anilines is 1. The fraction of sp³-hybridized carbons (Fsp3) is 0.286. The lowest BCUT2D eigenvalue weighted by Gasteiger charge is -2.20. The van der Waals surface area contributed by atoms with Crippen LogP contribution in [-0.4, -0.2) is 27.9 Å². The minimum absolute atomic E-state index is 0.177. The molecule has 0 saturated carbocycles. The summed E-state index contributed by atoms with van der Waals surface area (Å²) in [6, 6.07) is 4.36. The summed E-state index contributed by atoms with van der Waals surface area (Å²) < 4.78 is 5.05. The summed E-state index contributed by atoms with van der Waals surface area (Å²) in [5, 5.41) is 20.7. The lowest BCUT2D eigenvalue weighted by Crippen LogP contribution is -2.27. The highest BCUT2D eigenvalue weighted by Gasteiger charge is 2.17. The van der Waals surface area contributed by atoms with E-state index in [0.717, 1.165) is 6.08 Å². The van der Waals surface area contributed by atoms with E-state index in [4.69, 9.17) is 9.84 Å². The zero-order chi connectivity index (χ0) is 15.3. The molecule has 1 rings (SSSR count). The summed E-state index contributed by atoms with van der Waals surface area (Å²) in [6.45, 7) is 5.19. The van der Waals surface area contributed by atoms with Gasteiger partial charge in [-0.1, -0.05) is 6.07 Å². The lowest BCUT2D eigenvalue weighted by atomic mass is 10.1. The van der Waals surface area contributed by atoms with E-state index < -0.39 is 17.7 Å². The van der Waals surface area contributed by atoms with Crippen molar-refractivity contribution in [2.45, 2.75) is 26.4 Å². The van der Waals surface area contributed by atoms with Crippen LogP contribution in [0.5, 0.6) is 5.75 Å². The van der Waals surface area contributed by atoms with Crippen LogP contribution in [-0.2, 0) is 9.53 Å². The second kappa shape index (κ2) is 6.10. The predicted octanol–water partition coefficient (Wildman–Crippen LogP) is 2.84. The maximum Gasteiger partial charge on any atom is 0.412 e. The number of hydrogen-bond acceptors (Lipinski definition) is 4. The van der Waals surface area contributed by atoms with Crippen molar-refractivity contribution in [1.82, 2.24) is 0 Å². The third kappa shape index (κ3) is 5.43. The van der Waals surface area contributed by atoms with Gasteiger partial charge >= 0.3 is 12.1 Å². The topological polar surface area (TPSA) is 95.9 Å². The first-order valence-corrected chi connectivity index (χ1v) is 5.91. The van der Waals surface area contributed by atoms with Gasteiger partial charge < -0.3 is 14.9 Å². The Hall–Kier alpha value is -2.50. The number of ether oxygens (including phenoxy) is 1. The molecule has 0 aliphatic rings. The van der Waals surface area contributed by atoms with Gasteiger partial charge in [0.15, 0.2) is 0 Å². The number of carboxylic acids is 1. The van der Waals surface area contributed by atoms with Crippen LogP contribution in [0.4, 0.5) is 10.5 Å². The molecule has 0 heterocycles. The number of hydrogen-bond donors (Lipinski definition) is 3. The van der Waals surface area contributed by atoms with Gasteiger partial charge in [-0.2, -0.15) is 0 Å². The highest BCUT2D eigenvalue weighted by atomic mass is 16.6. The monoisotopic (exact) mass is 279 g/mol. The summed E-state index contributed by atoms with van der Waals surface area (Å²) in [5.41, 5.74) is 0.0514. The summed E-state index contributed by atoms with van der Waals surface area (Å²) in [6.07, 6.45) is 1.61. The van der Waals surface area contributed by atoms with Crippen LogP contribution in [0.25, 0.3) is 6.08 Å². The van der Waals surface area contributed by atoms with Crippen LogP contribution in [0.2, 0.25) is 0 Å². The summed E-state index contributed by atoms with van der Waals surface area (Å²) in [7, 11) is 0. The summed E-state index contributed by atoms with van der Waals surface area (Å²) in [5.74, 6) is -1.26.